The number of carbonyl (C=O) groups excluding carboxylic acids is 2. The molecule has 1 aliphatic heterocycles. The summed E-state index contributed by atoms with van der Waals surface area (Å²) in [7, 11) is -4.25. The summed E-state index contributed by atoms with van der Waals surface area (Å²) in [6, 6.07) is 11.2. The van der Waals surface area contributed by atoms with Gasteiger partial charge in [-0.25, -0.2) is 0 Å². The first kappa shape index (κ1) is 23.5. The third kappa shape index (κ3) is 3.94. The molecule has 178 valence electrons. The molecule has 1 unspecified atom stereocenters. The van der Waals surface area contributed by atoms with Gasteiger partial charge in [0.1, 0.15) is 22.0 Å². The summed E-state index contributed by atoms with van der Waals surface area (Å²) in [5.41, 5.74) is 5.29. The number of hydrogen-bond donors (Lipinski definition) is 3. The Bertz CT molecular complexity index is 1360. The minimum atomic E-state index is -4.25. The summed E-state index contributed by atoms with van der Waals surface area (Å²) in [5, 5.41) is 13.9. The molecule has 4 rings (SSSR count). The van der Waals surface area contributed by atoms with Crippen molar-refractivity contribution >= 4 is 39.0 Å². The van der Waals surface area contributed by atoms with Crippen molar-refractivity contribution in [1.29, 1.82) is 0 Å². The van der Waals surface area contributed by atoms with E-state index in [-0.39, 0.29) is 33.5 Å². The normalized spacial score (nSPS) is 20.6. The number of amidine groups is 1. The number of anilines is 1. The standard InChI is InChI=1S/C24H25N3O6S/c1-3-4-11-24(2)16-8-6-5-7-15(16)21(29)20(22(24)30)23-26-17-10-9-14(33-13-19(25)28)12-18(17)34(31,32)27-23/h5-10,12,29H,3-4,11,13H2,1-2H3,(H2,25,28)(H,26,27). The number of ketones is 1. The zero-order chi connectivity index (χ0) is 24.7. The maximum absolute atomic E-state index is 13.8. The van der Waals surface area contributed by atoms with Gasteiger partial charge in [-0.1, -0.05) is 44.0 Å². The SMILES string of the molecule is CCCCC1(C)C(=O)C(C2=NS(=O)(=O)c3cc(OCC(N)=O)ccc3N2)=C(O)c2ccccc21. The Kier molecular flexibility index (Phi) is 5.94. The summed E-state index contributed by atoms with van der Waals surface area (Å²) in [5.74, 6) is -1.54. The molecule has 2 aromatic carbocycles. The van der Waals surface area contributed by atoms with Crippen LogP contribution in [0.4, 0.5) is 5.69 Å². The zero-order valence-corrected chi connectivity index (χ0v) is 19.6. The van der Waals surface area contributed by atoms with Crippen LogP contribution in [0.15, 0.2) is 57.3 Å². The lowest BCUT2D eigenvalue weighted by Crippen LogP contribution is -2.42. The Balaban J connectivity index is 1.81. The molecule has 0 aromatic heterocycles. The van der Waals surface area contributed by atoms with Gasteiger partial charge in [0.05, 0.1) is 11.1 Å². The molecule has 1 amide bonds. The maximum atomic E-state index is 13.8. The van der Waals surface area contributed by atoms with Crippen LogP contribution in [-0.2, 0) is 25.0 Å². The second-order valence-corrected chi connectivity index (χ2v) is 10.1. The molecular formula is C24H25N3O6S. The van der Waals surface area contributed by atoms with E-state index < -0.39 is 33.7 Å². The Morgan fingerprint density at radius 3 is 2.68 bits per heavy atom. The highest BCUT2D eigenvalue weighted by atomic mass is 32.2. The second kappa shape index (κ2) is 8.60. The van der Waals surface area contributed by atoms with Gasteiger partial charge in [-0.15, -0.1) is 4.40 Å². The van der Waals surface area contributed by atoms with Gasteiger partial charge in [-0.2, -0.15) is 8.42 Å². The third-order valence-corrected chi connectivity index (χ3v) is 7.40. The number of sulfonamides is 1. The van der Waals surface area contributed by atoms with E-state index in [0.717, 1.165) is 12.8 Å². The minimum Gasteiger partial charge on any atom is -0.506 e. The molecule has 34 heavy (non-hydrogen) atoms. The largest absolute Gasteiger partial charge is 0.506 e. The highest BCUT2D eigenvalue weighted by molar-refractivity contribution is 7.90. The average Bonchev–Trinajstić information content (AvgIpc) is 2.80. The quantitative estimate of drug-likeness (QED) is 0.548. The Hall–Kier alpha value is -3.66. The van der Waals surface area contributed by atoms with Crippen LogP contribution in [0.25, 0.3) is 5.76 Å². The highest BCUT2D eigenvalue weighted by Gasteiger charge is 2.46. The van der Waals surface area contributed by atoms with Gasteiger partial charge in [0.15, 0.2) is 18.2 Å². The van der Waals surface area contributed by atoms with Crippen LogP contribution >= 0.6 is 0 Å². The number of aliphatic hydroxyl groups excluding tert-OH is 1. The predicted octanol–water partition coefficient (Wildman–Crippen LogP) is 3.06. The fourth-order valence-corrected chi connectivity index (χ4v) is 5.44. The Labute approximate surface area is 197 Å². The van der Waals surface area contributed by atoms with E-state index >= 15 is 0 Å². The molecule has 1 heterocycles. The molecule has 0 bridgehead atoms. The number of hydrogen-bond acceptors (Lipinski definition) is 7. The monoisotopic (exact) mass is 483 g/mol. The maximum Gasteiger partial charge on any atom is 0.286 e. The highest BCUT2D eigenvalue weighted by Crippen LogP contribution is 2.44. The number of aliphatic hydroxyl groups is 1. The molecular weight excluding hydrogens is 458 g/mol. The van der Waals surface area contributed by atoms with Crippen LogP contribution in [0.5, 0.6) is 5.75 Å². The first-order chi connectivity index (χ1) is 16.1. The lowest BCUT2D eigenvalue weighted by molar-refractivity contribution is -0.120. The van der Waals surface area contributed by atoms with Crippen LogP contribution in [0.3, 0.4) is 0 Å². The smallest absolute Gasteiger partial charge is 0.286 e. The molecule has 0 saturated carbocycles. The fraction of sp³-hybridized carbons (Fsp3) is 0.292. The number of fused-ring (bicyclic) bond motifs is 2. The topological polar surface area (TPSA) is 148 Å². The van der Waals surface area contributed by atoms with Gasteiger partial charge in [0.25, 0.3) is 15.9 Å². The number of nitrogens with one attached hydrogen (secondary N) is 1. The number of primary amides is 1. The number of nitrogens with two attached hydrogens (primary N) is 1. The van der Waals surface area contributed by atoms with Gasteiger partial charge in [0, 0.05) is 11.6 Å². The molecule has 10 heteroatoms. The average molecular weight is 484 g/mol. The van der Waals surface area contributed by atoms with Gasteiger partial charge in [0.2, 0.25) is 0 Å². The van der Waals surface area contributed by atoms with Crippen molar-refractivity contribution in [3.63, 3.8) is 0 Å². The number of nitrogens with zero attached hydrogens (tertiary/aromatic N) is 1. The van der Waals surface area contributed by atoms with E-state index in [9.17, 15) is 23.1 Å². The van der Waals surface area contributed by atoms with Crippen molar-refractivity contribution in [3.8, 4) is 5.75 Å². The summed E-state index contributed by atoms with van der Waals surface area (Å²) >= 11 is 0. The molecule has 0 radical (unpaired) electrons. The number of Topliss-reactive ketones (excluding diaryl/α,β-unsaturated/α-hetero) is 1. The predicted molar refractivity (Wildman–Crippen MR) is 127 cm³/mol. The van der Waals surface area contributed by atoms with Gasteiger partial charge < -0.3 is 20.9 Å². The Morgan fingerprint density at radius 1 is 1.24 bits per heavy atom. The first-order valence-corrected chi connectivity index (χ1v) is 12.3. The molecule has 0 spiro atoms. The van der Waals surface area contributed by atoms with Crippen LogP contribution in [0.1, 0.15) is 44.2 Å². The van der Waals surface area contributed by atoms with Crippen LogP contribution in [0.2, 0.25) is 0 Å². The summed E-state index contributed by atoms with van der Waals surface area (Å²) in [6.07, 6.45) is 2.18. The van der Waals surface area contributed by atoms with Crippen LogP contribution in [0, 0.1) is 0 Å². The van der Waals surface area contributed by atoms with E-state index in [0.29, 0.717) is 17.5 Å². The fourth-order valence-electron chi connectivity index (χ4n) is 4.30. The van der Waals surface area contributed by atoms with Crippen molar-refractivity contribution in [1.82, 2.24) is 0 Å². The summed E-state index contributed by atoms with van der Waals surface area (Å²) in [6.45, 7) is 3.42. The van der Waals surface area contributed by atoms with Gasteiger partial charge >= 0.3 is 0 Å². The molecule has 1 atom stereocenters. The number of ether oxygens (including phenoxy) is 1. The van der Waals surface area contributed by atoms with E-state index in [1.54, 1.807) is 12.1 Å². The van der Waals surface area contributed by atoms with Crippen molar-refractivity contribution in [2.24, 2.45) is 10.1 Å². The first-order valence-electron chi connectivity index (χ1n) is 10.8. The Morgan fingerprint density at radius 2 is 1.97 bits per heavy atom. The zero-order valence-electron chi connectivity index (χ0n) is 18.8. The van der Waals surface area contributed by atoms with E-state index in [4.69, 9.17) is 10.5 Å². The number of rotatable bonds is 7. The van der Waals surface area contributed by atoms with Crippen molar-refractivity contribution in [2.45, 2.75) is 43.4 Å². The van der Waals surface area contributed by atoms with Crippen molar-refractivity contribution < 1.29 is 27.9 Å². The second-order valence-electron chi connectivity index (χ2n) is 8.49. The molecule has 1 aliphatic carbocycles. The molecule has 0 saturated heterocycles. The van der Waals surface area contributed by atoms with E-state index in [1.807, 2.05) is 26.0 Å². The van der Waals surface area contributed by atoms with E-state index in [2.05, 4.69) is 9.71 Å². The number of unbranched alkanes of at least 4 members (excludes halogenated alkanes) is 1. The molecule has 2 aliphatic rings. The molecule has 0 fully saturated rings. The van der Waals surface area contributed by atoms with Gasteiger partial charge in [-0.05, 0) is 31.0 Å². The van der Waals surface area contributed by atoms with Crippen LogP contribution < -0.4 is 15.8 Å². The minimum absolute atomic E-state index is 0.124. The number of benzene rings is 2. The molecule has 2 aromatic rings. The number of amides is 1. The summed E-state index contributed by atoms with van der Waals surface area (Å²) < 4.78 is 35.1. The summed E-state index contributed by atoms with van der Waals surface area (Å²) in [4.78, 5) is 24.5. The lowest BCUT2D eigenvalue weighted by atomic mass is 9.67. The lowest BCUT2D eigenvalue weighted by Gasteiger charge is -2.36. The van der Waals surface area contributed by atoms with Crippen LogP contribution in [-0.4, -0.2) is 37.7 Å². The third-order valence-electron chi connectivity index (χ3n) is 6.09. The molecule has 4 N–H and O–H groups in total. The molecule has 9 nitrogen and oxygen atoms in total. The number of carbonyl (C=O) groups is 2. The van der Waals surface area contributed by atoms with E-state index in [1.165, 1.54) is 18.2 Å². The van der Waals surface area contributed by atoms with Crippen molar-refractivity contribution in [3.05, 3.63) is 59.2 Å². The van der Waals surface area contributed by atoms with Crippen molar-refractivity contribution in [2.75, 3.05) is 11.9 Å². The van der Waals surface area contributed by atoms with Gasteiger partial charge in [-0.3, -0.25) is 9.59 Å².